The highest BCUT2D eigenvalue weighted by Crippen LogP contribution is 2.39. The number of ether oxygens (including phenoxy) is 1. The highest BCUT2D eigenvalue weighted by atomic mass is 35.5. The number of piperidine rings is 1. The zero-order chi connectivity index (χ0) is 22.2. The van der Waals surface area contributed by atoms with Gasteiger partial charge >= 0.3 is 0 Å². The van der Waals surface area contributed by atoms with E-state index in [1.807, 2.05) is 48.2 Å². The number of benzene rings is 2. The minimum atomic E-state index is -0.00405. The lowest BCUT2D eigenvalue weighted by Crippen LogP contribution is -2.43. The molecule has 1 fully saturated rings. The van der Waals surface area contributed by atoms with E-state index in [0.29, 0.717) is 11.6 Å². The standard InChI is InChI=1S/C25H27ClN4O2/c1-16-27-20-11-14-30(21-8-7-18(26)15-19(21)24(20)28-16)25(31)17-9-12-29(13-10-17)22-5-3-4-6-23(22)32-2/h3-8,15,17H,9-14H2,1-2H3,(H,27,28). The van der Waals surface area contributed by atoms with Crippen molar-refractivity contribution in [3.8, 4) is 17.0 Å². The van der Waals surface area contributed by atoms with Gasteiger partial charge in [0.15, 0.2) is 0 Å². The lowest BCUT2D eigenvalue weighted by Gasteiger charge is -2.36. The van der Waals surface area contributed by atoms with Gasteiger partial charge in [-0.25, -0.2) is 4.98 Å². The Morgan fingerprint density at radius 3 is 2.69 bits per heavy atom. The van der Waals surface area contributed by atoms with Gasteiger partial charge in [0.2, 0.25) is 5.91 Å². The van der Waals surface area contributed by atoms with Crippen LogP contribution in [0.1, 0.15) is 24.4 Å². The SMILES string of the molecule is COc1ccccc1N1CCC(C(=O)N2CCc3[nH]c(C)nc3-c3cc(Cl)ccc32)CC1. The fraction of sp³-hybridized carbons (Fsp3) is 0.360. The third-order valence-corrected chi connectivity index (χ3v) is 6.76. The Morgan fingerprint density at radius 2 is 1.91 bits per heavy atom. The van der Waals surface area contributed by atoms with E-state index in [9.17, 15) is 4.79 Å². The molecule has 7 heteroatoms. The fourth-order valence-electron chi connectivity index (χ4n) is 4.93. The molecule has 2 aliphatic rings. The molecule has 0 spiro atoms. The van der Waals surface area contributed by atoms with Crippen LogP contribution in [-0.2, 0) is 11.2 Å². The molecule has 166 valence electrons. The molecule has 0 saturated carbocycles. The molecule has 5 rings (SSSR count). The summed E-state index contributed by atoms with van der Waals surface area (Å²) in [5.74, 6) is 1.94. The van der Waals surface area contributed by atoms with Gasteiger partial charge in [0.05, 0.1) is 24.2 Å². The Balaban J connectivity index is 1.37. The second-order valence-corrected chi connectivity index (χ2v) is 8.92. The first-order chi connectivity index (χ1) is 15.5. The maximum atomic E-state index is 13.7. The molecule has 6 nitrogen and oxygen atoms in total. The van der Waals surface area contributed by atoms with Gasteiger partial charge < -0.3 is 19.5 Å². The predicted octanol–water partition coefficient (Wildman–Crippen LogP) is 4.85. The number of aryl methyl sites for hydroxylation is 1. The van der Waals surface area contributed by atoms with Gasteiger partial charge in [0.1, 0.15) is 11.6 Å². The number of halogens is 1. The molecule has 3 aromatic rings. The maximum absolute atomic E-state index is 13.7. The number of H-pyrrole nitrogens is 1. The number of rotatable bonds is 3. The van der Waals surface area contributed by atoms with Crippen LogP contribution in [0, 0.1) is 12.8 Å². The van der Waals surface area contributed by atoms with E-state index in [4.69, 9.17) is 16.3 Å². The van der Waals surface area contributed by atoms with Crippen LogP contribution in [0.15, 0.2) is 42.5 Å². The summed E-state index contributed by atoms with van der Waals surface area (Å²) in [4.78, 5) is 26.0. The fourth-order valence-corrected chi connectivity index (χ4v) is 5.10. The van der Waals surface area contributed by atoms with E-state index in [1.165, 1.54) is 0 Å². The first-order valence-corrected chi connectivity index (χ1v) is 11.5. The number of carbonyl (C=O) groups is 1. The average Bonchev–Trinajstić information content (AvgIpc) is 3.13. The van der Waals surface area contributed by atoms with E-state index in [1.54, 1.807) is 7.11 Å². The monoisotopic (exact) mass is 450 g/mol. The number of imidazole rings is 1. The largest absolute Gasteiger partial charge is 0.495 e. The summed E-state index contributed by atoms with van der Waals surface area (Å²) in [6, 6.07) is 13.8. The topological polar surface area (TPSA) is 61.5 Å². The first-order valence-electron chi connectivity index (χ1n) is 11.1. The minimum Gasteiger partial charge on any atom is -0.495 e. The number of amides is 1. The van der Waals surface area contributed by atoms with Crippen LogP contribution in [0.4, 0.5) is 11.4 Å². The Hall–Kier alpha value is -2.99. The Labute approximate surface area is 193 Å². The molecule has 2 aliphatic heterocycles. The van der Waals surface area contributed by atoms with Gasteiger partial charge in [-0.2, -0.15) is 0 Å². The summed E-state index contributed by atoms with van der Waals surface area (Å²) < 4.78 is 5.53. The molecule has 1 saturated heterocycles. The van der Waals surface area contributed by atoms with Crippen molar-refractivity contribution in [3.05, 3.63) is 59.0 Å². The number of anilines is 2. The maximum Gasteiger partial charge on any atom is 0.230 e. The number of para-hydroxylation sites is 2. The minimum absolute atomic E-state index is 0.00405. The molecular weight excluding hydrogens is 424 g/mol. The molecule has 1 N–H and O–H groups in total. The molecule has 0 unspecified atom stereocenters. The van der Waals surface area contributed by atoms with Gasteiger partial charge in [-0.1, -0.05) is 23.7 Å². The van der Waals surface area contributed by atoms with Crippen molar-refractivity contribution in [3.63, 3.8) is 0 Å². The van der Waals surface area contributed by atoms with Gasteiger partial charge in [0.25, 0.3) is 0 Å². The summed E-state index contributed by atoms with van der Waals surface area (Å²) in [6.07, 6.45) is 2.38. The van der Waals surface area contributed by atoms with Crippen LogP contribution < -0.4 is 14.5 Å². The van der Waals surface area contributed by atoms with E-state index in [-0.39, 0.29) is 11.8 Å². The second kappa shape index (κ2) is 8.51. The van der Waals surface area contributed by atoms with Gasteiger partial charge in [-0.15, -0.1) is 0 Å². The van der Waals surface area contributed by atoms with Crippen molar-refractivity contribution < 1.29 is 9.53 Å². The smallest absolute Gasteiger partial charge is 0.230 e. The number of aromatic amines is 1. The van der Waals surface area contributed by atoms with Gasteiger partial charge in [-0.05, 0) is 50.1 Å². The summed E-state index contributed by atoms with van der Waals surface area (Å²) in [7, 11) is 1.70. The van der Waals surface area contributed by atoms with Crippen LogP contribution >= 0.6 is 11.6 Å². The highest BCUT2D eigenvalue weighted by molar-refractivity contribution is 6.31. The van der Waals surface area contributed by atoms with Crippen molar-refractivity contribution in [2.24, 2.45) is 5.92 Å². The number of aromatic nitrogens is 2. The molecule has 0 atom stereocenters. The molecule has 3 heterocycles. The van der Waals surface area contributed by atoms with E-state index >= 15 is 0 Å². The van der Waals surface area contributed by atoms with E-state index in [0.717, 1.165) is 72.3 Å². The van der Waals surface area contributed by atoms with Crippen molar-refractivity contribution in [2.45, 2.75) is 26.2 Å². The number of nitrogens with zero attached hydrogens (tertiary/aromatic N) is 3. The molecule has 0 bridgehead atoms. The van der Waals surface area contributed by atoms with Crippen molar-refractivity contribution >= 4 is 28.9 Å². The quantitative estimate of drug-likeness (QED) is 0.619. The predicted molar refractivity (Wildman–Crippen MR) is 128 cm³/mol. The van der Waals surface area contributed by atoms with Crippen LogP contribution in [0.25, 0.3) is 11.3 Å². The number of carbonyl (C=O) groups excluding carboxylic acids is 1. The lowest BCUT2D eigenvalue weighted by molar-refractivity contribution is -0.122. The number of fused-ring (bicyclic) bond motifs is 3. The highest BCUT2D eigenvalue weighted by Gasteiger charge is 2.33. The summed E-state index contributed by atoms with van der Waals surface area (Å²) in [5.41, 5.74) is 4.88. The number of hydrogen-bond donors (Lipinski definition) is 1. The molecule has 0 aliphatic carbocycles. The summed E-state index contributed by atoms with van der Waals surface area (Å²) in [5, 5.41) is 0.648. The van der Waals surface area contributed by atoms with Gasteiger partial charge in [-0.3, -0.25) is 4.79 Å². The Bertz CT molecular complexity index is 1150. The Morgan fingerprint density at radius 1 is 1.12 bits per heavy atom. The van der Waals surface area contributed by atoms with Crippen LogP contribution in [0.3, 0.4) is 0 Å². The Kier molecular flexibility index (Phi) is 5.55. The van der Waals surface area contributed by atoms with Crippen LogP contribution in [0.5, 0.6) is 5.75 Å². The van der Waals surface area contributed by atoms with Gasteiger partial charge in [0, 0.05) is 48.3 Å². The molecule has 1 amide bonds. The third kappa shape index (κ3) is 3.73. The molecular formula is C25H27ClN4O2. The summed E-state index contributed by atoms with van der Waals surface area (Å²) >= 11 is 6.32. The van der Waals surface area contributed by atoms with Crippen molar-refractivity contribution in [2.75, 3.05) is 36.5 Å². The van der Waals surface area contributed by atoms with E-state index in [2.05, 4.69) is 20.9 Å². The zero-order valence-corrected chi connectivity index (χ0v) is 19.2. The molecule has 1 aromatic heterocycles. The lowest BCUT2D eigenvalue weighted by atomic mass is 9.94. The molecule has 0 radical (unpaired) electrons. The van der Waals surface area contributed by atoms with Crippen molar-refractivity contribution in [1.82, 2.24) is 9.97 Å². The molecule has 32 heavy (non-hydrogen) atoms. The number of hydrogen-bond acceptors (Lipinski definition) is 4. The average molecular weight is 451 g/mol. The zero-order valence-electron chi connectivity index (χ0n) is 18.4. The second-order valence-electron chi connectivity index (χ2n) is 8.48. The van der Waals surface area contributed by atoms with E-state index < -0.39 is 0 Å². The first kappa shape index (κ1) is 20.9. The third-order valence-electron chi connectivity index (χ3n) is 6.52. The van der Waals surface area contributed by atoms with Crippen LogP contribution in [-0.4, -0.2) is 42.6 Å². The van der Waals surface area contributed by atoms with Crippen LogP contribution in [0.2, 0.25) is 5.02 Å². The number of nitrogens with one attached hydrogen (secondary N) is 1. The van der Waals surface area contributed by atoms with Crippen molar-refractivity contribution in [1.29, 1.82) is 0 Å². The molecule has 2 aromatic carbocycles. The number of methoxy groups -OCH3 is 1. The normalized spacial score (nSPS) is 16.3. The summed E-state index contributed by atoms with van der Waals surface area (Å²) in [6.45, 7) is 4.25.